The molecule has 0 N–H and O–H groups in total. The zero-order chi connectivity index (χ0) is 30.3. The molecule has 0 fully saturated rings. The predicted molar refractivity (Wildman–Crippen MR) is 189 cm³/mol. The van der Waals surface area contributed by atoms with Gasteiger partial charge in [0, 0.05) is 28.4 Å². The number of nitrogens with zero attached hydrogens (tertiary/aromatic N) is 3. The van der Waals surface area contributed by atoms with Crippen molar-refractivity contribution in [3.05, 3.63) is 167 Å². The summed E-state index contributed by atoms with van der Waals surface area (Å²) in [5.41, 5.74) is 11.1. The van der Waals surface area contributed by atoms with E-state index in [1.807, 2.05) is 24.0 Å². The van der Waals surface area contributed by atoms with Gasteiger partial charge < -0.3 is 14.5 Å². The molecule has 7 aromatic rings. The van der Waals surface area contributed by atoms with Gasteiger partial charge in [-0.25, -0.2) is 0 Å². The van der Waals surface area contributed by atoms with Gasteiger partial charge in [-0.3, -0.25) is 0 Å². The van der Waals surface area contributed by atoms with Crippen LogP contribution in [-0.2, 0) is 21.1 Å². The Labute approximate surface area is 288 Å². The predicted octanol–water partition coefficient (Wildman–Crippen LogP) is 9.75. The van der Waals surface area contributed by atoms with Crippen molar-refractivity contribution in [2.75, 3.05) is 5.75 Å². The van der Waals surface area contributed by atoms with Gasteiger partial charge >= 0.3 is 21.1 Å². The number of aryl methyl sites for hydroxylation is 2. The van der Waals surface area contributed by atoms with Crippen LogP contribution in [0.2, 0.25) is 0 Å². The molecule has 0 aliphatic carbocycles. The van der Waals surface area contributed by atoms with Crippen LogP contribution in [0.15, 0.2) is 133 Å². The Balaban J connectivity index is 0.00000338. The molecular formula is C41H31N3PtS. The standard InChI is InChI=1S/C41H31N3S.Pt/c1-27-19-20-42-36(23-27)31-17-18-35-34-15-9-10-16-38(34)44(39(35)25-31)33-22-28(2)21-32(24-33)41-43-37(26-45-41)40(29-11-5-3-6-12-29)30-13-7-4-8-14-30;/h3-23,37,40H,26H2,1-2H3;/q-2;+2/t37-;/m0./s1. The summed E-state index contributed by atoms with van der Waals surface area (Å²) in [4.78, 5) is 10.0. The van der Waals surface area contributed by atoms with Gasteiger partial charge in [-0.1, -0.05) is 103 Å². The van der Waals surface area contributed by atoms with E-state index >= 15 is 0 Å². The molecule has 1 aliphatic heterocycles. The summed E-state index contributed by atoms with van der Waals surface area (Å²) >= 11 is 1.84. The molecule has 0 unspecified atom stereocenters. The summed E-state index contributed by atoms with van der Waals surface area (Å²) in [6, 6.07) is 50.8. The van der Waals surface area contributed by atoms with Crippen molar-refractivity contribution in [1.29, 1.82) is 0 Å². The molecule has 0 bridgehead atoms. The van der Waals surface area contributed by atoms with Crippen molar-refractivity contribution in [3.63, 3.8) is 0 Å². The number of para-hydroxylation sites is 1. The number of hydrogen-bond donors (Lipinski definition) is 0. The monoisotopic (exact) mass is 792 g/mol. The number of hydrogen-bond acceptors (Lipinski definition) is 3. The Morgan fingerprint density at radius 2 is 1.43 bits per heavy atom. The van der Waals surface area contributed by atoms with Crippen LogP contribution in [0.25, 0.3) is 38.8 Å². The molecule has 5 aromatic carbocycles. The van der Waals surface area contributed by atoms with Crippen molar-refractivity contribution >= 4 is 38.6 Å². The van der Waals surface area contributed by atoms with Gasteiger partial charge in [0.05, 0.1) is 6.04 Å². The van der Waals surface area contributed by atoms with Crippen molar-refractivity contribution < 1.29 is 21.1 Å². The second-order valence-electron chi connectivity index (χ2n) is 11.8. The van der Waals surface area contributed by atoms with Gasteiger partial charge in [0.2, 0.25) is 0 Å². The number of thioether (sulfide) groups is 1. The number of aliphatic imine (C=N–C) groups is 1. The Kier molecular flexibility index (Phi) is 8.51. The number of aromatic nitrogens is 2. The van der Waals surface area contributed by atoms with Crippen molar-refractivity contribution in [3.8, 4) is 16.9 Å². The maximum Gasteiger partial charge on any atom is 2.00 e. The average Bonchev–Trinajstić information content (AvgIpc) is 3.69. The first kappa shape index (κ1) is 30.4. The number of fused-ring (bicyclic) bond motifs is 3. The normalized spacial score (nSPS) is 14.5. The van der Waals surface area contributed by atoms with Gasteiger partial charge in [0.25, 0.3) is 0 Å². The fourth-order valence-corrected chi connectivity index (χ4v) is 7.64. The van der Waals surface area contributed by atoms with Gasteiger partial charge in [0.1, 0.15) is 0 Å². The zero-order valence-corrected chi connectivity index (χ0v) is 28.6. The largest absolute Gasteiger partial charge is 2.00 e. The molecule has 5 heteroatoms. The van der Waals surface area contributed by atoms with Crippen LogP contribution in [0.3, 0.4) is 0 Å². The van der Waals surface area contributed by atoms with Gasteiger partial charge in [-0.15, -0.1) is 53.1 Å². The van der Waals surface area contributed by atoms with E-state index in [-0.39, 0.29) is 33.0 Å². The van der Waals surface area contributed by atoms with Crippen LogP contribution in [0, 0.1) is 26.0 Å². The number of pyridine rings is 1. The molecule has 2 aromatic heterocycles. The van der Waals surface area contributed by atoms with Gasteiger partial charge in [0.15, 0.2) is 0 Å². The fraction of sp³-hybridized carbons (Fsp3) is 0.122. The molecule has 0 radical (unpaired) electrons. The minimum absolute atomic E-state index is 0. The number of benzene rings is 5. The van der Waals surface area contributed by atoms with Crippen LogP contribution < -0.4 is 0 Å². The van der Waals surface area contributed by atoms with E-state index in [1.165, 1.54) is 33.0 Å². The minimum Gasteiger partial charge on any atom is -0.346 e. The van der Waals surface area contributed by atoms with Crippen molar-refractivity contribution in [2.24, 2.45) is 4.99 Å². The van der Waals surface area contributed by atoms with E-state index in [0.29, 0.717) is 0 Å². The molecule has 3 heterocycles. The Morgan fingerprint density at radius 3 is 2.17 bits per heavy atom. The third kappa shape index (κ3) is 5.66. The molecule has 0 saturated carbocycles. The number of rotatable bonds is 6. The van der Waals surface area contributed by atoms with Crippen molar-refractivity contribution in [1.82, 2.24) is 9.55 Å². The van der Waals surface area contributed by atoms with Crippen LogP contribution >= 0.6 is 11.8 Å². The SMILES string of the molecule is Cc1cc(C2=N[C@H](C(c3ccccc3)c3ccccc3)CS2)[c-]c(-n2c3[c-]c(-c4cc(C)ccn4)ccc3c3ccccc32)c1.[Pt+2]. The quantitative estimate of drug-likeness (QED) is 0.157. The molecule has 0 amide bonds. The van der Waals surface area contributed by atoms with E-state index in [0.717, 1.165) is 44.3 Å². The third-order valence-corrected chi connectivity index (χ3v) is 9.73. The smallest absolute Gasteiger partial charge is 0.346 e. The second kappa shape index (κ2) is 12.9. The van der Waals surface area contributed by atoms with E-state index in [4.69, 9.17) is 4.99 Å². The topological polar surface area (TPSA) is 30.2 Å². The van der Waals surface area contributed by atoms with Gasteiger partial charge in [-0.05, 0) is 52.5 Å². The molecule has 8 rings (SSSR count). The van der Waals surface area contributed by atoms with Crippen LogP contribution in [0.5, 0.6) is 0 Å². The average molecular weight is 793 g/mol. The maximum atomic E-state index is 5.38. The van der Waals surface area contributed by atoms with Crippen LogP contribution in [0.1, 0.15) is 33.7 Å². The summed E-state index contributed by atoms with van der Waals surface area (Å²) < 4.78 is 2.30. The molecular weight excluding hydrogens is 762 g/mol. The summed E-state index contributed by atoms with van der Waals surface area (Å²) in [7, 11) is 0. The molecule has 0 saturated heterocycles. The van der Waals surface area contributed by atoms with E-state index < -0.39 is 0 Å². The van der Waals surface area contributed by atoms with E-state index in [9.17, 15) is 0 Å². The van der Waals surface area contributed by atoms with E-state index in [2.05, 4.69) is 151 Å². The molecule has 0 spiro atoms. The molecule has 3 nitrogen and oxygen atoms in total. The Bertz CT molecular complexity index is 2170. The Hall–Kier alpha value is -4.24. The first-order valence-corrected chi connectivity index (χ1v) is 16.3. The third-order valence-electron chi connectivity index (χ3n) is 8.62. The second-order valence-corrected chi connectivity index (χ2v) is 12.8. The zero-order valence-electron chi connectivity index (χ0n) is 25.6. The molecule has 226 valence electrons. The molecule has 46 heavy (non-hydrogen) atoms. The summed E-state index contributed by atoms with van der Waals surface area (Å²) in [6.07, 6.45) is 1.87. The summed E-state index contributed by atoms with van der Waals surface area (Å²) in [5.74, 6) is 1.12. The Morgan fingerprint density at radius 1 is 0.717 bits per heavy atom. The van der Waals surface area contributed by atoms with E-state index in [1.54, 1.807) is 0 Å². The van der Waals surface area contributed by atoms with Crippen LogP contribution in [-0.4, -0.2) is 26.4 Å². The summed E-state index contributed by atoms with van der Waals surface area (Å²) in [5, 5.41) is 3.42. The minimum atomic E-state index is 0. The maximum absolute atomic E-state index is 5.38. The molecule has 1 aliphatic rings. The van der Waals surface area contributed by atoms with Gasteiger partial charge in [-0.2, -0.15) is 11.8 Å². The first-order valence-electron chi connectivity index (χ1n) is 15.4. The van der Waals surface area contributed by atoms with Crippen LogP contribution in [0.4, 0.5) is 0 Å². The summed E-state index contributed by atoms with van der Waals surface area (Å²) in [6.45, 7) is 4.26. The fourth-order valence-electron chi connectivity index (χ4n) is 6.57. The molecule has 1 atom stereocenters. The first-order chi connectivity index (χ1) is 22.1. The van der Waals surface area contributed by atoms with Crippen molar-refractivity contribution in [2.45, 2.75) is 25.8 Å².